The lowest BCUT2D eigenvalue weighted by atomic mass is 10.2. The Morgan fingerprint density at radius 3 is 2.38 bits per heavy atom. The second kappa shape index (κ2) is 8.30. The largest absolute Gasteiger partial charge is 0.480 e. The van der Waals surface area contributed by atoms with E-state index >= 15 is 0 Å². The topological polar surface area (TPSA) is 131 Å². The van der Waals surface area contributed by atoms with Crippen LogP contribution in [0.4, 0.5) is 11.5 Å². The summed E-state index contributed by atoms with van der Waals surface area (Å²) < 4.78 is 29.1. The van der Waals surface area contributed by atoms with Crippen LogP contribution in [0.15, 0.2) is 65.7 Å². The molecule has 164 valence electrons. The minimum atomic E-state index is -4.27. The third kappa shape index (κ3) is 4.20. The number of nitrogens with zero attached hydrogens (tertiary/aromatic N) is 4. The number of carbonyl (C=O) groups is 1. The molecule has 0 fully saturated rings. The smallest absolute Gasteiger partial charge is 0.324 e. The van der Waals surface area contributed by atoms with Gasteiger partial charge in [-0.1, -0.05) is 23.2 Å². The van der Waals surface area contributed by atoms with Crippen molar-refractivity contribution in [2.45, 2.75) is 4.90 Å². The zero-order valence-corrected chi connectivity index (χ0v) is 18.5. The fourth-order valence-electron chi connectivity index (χ4n) is 3.19. The fraction of sp³-hybridized carbons (Fsp3) is 0.0500. The number of carboxylic acids is 1. The third-order valence-electron chi connectivity index (χ3n) is 4.58. The van der Waals surface area contributed by atoms with E-state index in [0.29, 0.717) is 16.7 Å². The van der Waals surface area contributed by atoms with Crippen molar-refractivity contribution in [3.8, 4) is 5.82 Å². The van der Waals surface area contributed by atoms with Crippen molar-refractivity contribution < 1.29 is 18.3 Å². The maximum atomic E-state index is 13.3. The minimum absolute atomic E-state index is 0.114. The van der Waals surface area contributed by atoms with Crippen molar-refractivity contribution in [2.75, 3.05) is 16.6 Å². The van der Waals surface area contributed by atoms with Crippen molar-refractivity contribution in [2.24, 2.45) is 0 Å². The number of anilines is 2. The average Bonchev–Trinajstić information content (AvgIpc) is 3.15. The van der Waals surface area contributed by atoms with Crippen molar-refractivity contribution in [3.05, 3.63) is 70.8 Å². The quantitative estimate of drug-likeness (QED) is 0.421. The van der Waals surface area contributed by atoms with E-state index in [2.05, 4.69) is 10.2 Å². The Bertz CT molecular complexity index is 1420. The molecule has 4 aromatic rings. The Balaban J connectivity index is 1.81. The van der Waals surface area contributed by atoms with Crippen LogP contribution in [0, 0.1) is 0 Å². The van der Waals surface area contributed by atoms with E-state index in [1.165, 1.54) is 24.3 Å². The summed E-state index contributed by atoms with van der Waals surface area (Å²) in [6.45, 7) is -0.790. The number of carboxylic acid groups (broad SMARTS) is 1. The highest BCUT2D eigenvalue weighted by Crippen LogP contribution is 2.31. The molecule has 0 saturated heterocycles. The number of hydrogen-bond acceptors (Lipinski definition) is 6. The first kappa shape index (κ1) is 21.9. The van der Waals surface area contributed by atoms with E-state index in [0.717, 1.165) is 4.31 Å². The van der Waals surface area contributed by atoms with Gasteiger partial charge in [0, 0.05) is 21.6 Å². The van der Waals surface area contributed by atoms with Crippen molar-refractivity contribution in [1.82, 2.24) is 14.8 Å². The van der Waals surface area contributed by atoms with E-state index in [1.54, 1.807) is 41.1 Å². The van der Waals surface area contributed by atoms with Crippen LogP contribution in [0.25, 0.3) is 16.7 Å². The molecule has 2 heterocycles. The standard InChI is InChI=1S/C20H15Cl2N5O4S/c21-13-8-14(22)10-16(9-13)32(30,31)27(11-20(28)29)15-1-2-17-12(7-15)5-6-26(17)19-4-3-18(23)24-25-19/h1-10H,11H2,(H2,23,24)(H,28,29). The first-order valence-corrected chi connectivity index (χ1v) is 11.3. The molecule has 3 N–H and O–H groups in total. The average molecular weight is 492 g/mol. The first-order valence-electron chi connectivity index (χ1n) is 9.06. The van der Waals surface area contributed by atoms with Crippen LogP contribution in [-0.4, -0.2) is 40.8 Å². The summed E-state index contributed by atoms with van der Waals surface area (Å²) in [4.78, 5) is 11.3. The Morgan fingerprint density at radius 2 is 1.75 bits per heavy atom. The minimum Gasteiger partial charge on any atom is -0.480 e. The molecular weight excluding hydrogens is 477 g/mol. The van der Waals surface area contributed by atoms with Gasteiger partial charge in [0.05, 0.1) is 16.1 Å². The highest BCUT2D eigenvalue weighted by atomic mass is 35.5. The monoisotopic (exact) mass is 491 g/mol. The zero-order chi connectivity index (χ0) is 23.0. The molecule has 0 radical (unpaired) electrons. The van der Waals surface area contributed by atoms with Crippen LogP contribution in [-0.2, 0) is 14.8 Å². The summed E-state index contributed by atoms with van der Waals surface area (Å²) in [6, 6.07) is 13.6. The molecule has 2 aromatic carbocycles. The van der Waals surface area contributed by atoms with E-state index in [1.807, 2.05) is 0 Å². The molecule has 0 unspecified atom stereocenters. The molecular formula is C20H15Cl2N5O4S. The molecule has 0 amide bonds. The summed E-state index contributed by atoms with van der Waals surface area (Å²) in [5.41, 5.74) is 6.46. The lowest BCUT2D eigenvalue weighted by Gasteiger charge is -2.23. The zero-order valence-electron chi connectivity index (χ0n) is 16.2. The van der Waals surface area contributed by atoms with E-state index in [9.17, 15) is 18.3 Å². The van der Waals surface area contributed by atoms with Crippen LogP contribution in [0.5, 0.6) is 0 Å². The highest BCUT2D eigenvalue weighted by Gasteiger charge is 2.28. The number of sulfonamides is 1. The van der Waals surface area contributed by atoms with Gasteiger partial charge < -0.3 is 10.8 Å². The summed E-state index contributed by atoms with van der Waals surface area (Å²) in [7, 11) is -4.27. The van der Waals surface area contributed by atoms with Crippen LogP contribution < -0.4 is 10.0 Å². The van der Waals surface area contributed by atoms with Gasteiger partial charge in [0.2, 0.25) is 0 Å². The lowest BCUT2D eigenvalue weighted by Crippen LogP contribution is -2.35. The summed E-state index contributed by atoms with van der Waals surface area (Å²) >= 11 is 11.9. The molecule has 0 aliphatic carbocycles. The number of nitrogen functional groups attached to an aromatic ring is 1. The van der Waals surface area contributed by atoms with Crippen LogP contribution in [0.1, 0.15) is 0 Å². The Labute approximate surface area is 192 Å². The SMILES string of the molecule is Nc1ccc(-n2ccc3cc(N(CC(=O)O)S(=O)(=O)c4cc(Cl)cc(Cl)c4)ccc32)nn1. The van der Waals surface area contributed by atoms with Gasteiger partial charge in [-0.05, 0) is 54.6 Å². The molecule has 4 rings (SSSR count). The maximum Gasteiger partial charge on any atom is 0.324 e. The number of halogens is 2. The van der Waals surface area contributed by atoms with Gasteiger partial charge in [-0.2, -0.15) is 0 Å². The predicted molar refractivity (Wildman–Crippen MR) is 122 cm³/mol. The number of benzene rings is 2. The molecule has 0 bridgehead atoms. The van der Waals surface area contributed by atoms with E-state index in [-0.39, 0.29) is 26.4 Å². The van der Waals surface area contributed by atoms with E-state index in [4.69, 9.17) is 28.9 Å². The van der Waals surface area contributed by atoms with Gasteiger partial charge in [0.1, 0.15) is 12.4 Å². The third-order valence-corrected chi connectivity index (χ3v) is 6.77. The summed E-state index contributed by atoms with van der Waals surface area (Å²) in [5.74, 6) is -0.523. The van der Waals surface area contributed by atoms with Crippen molar-refractivity contribution in [1.29, 1.82) is 0 Å². The van der Waals surface area contributed by atoms with Crippen LogP contribution >= 0.6 is 23.2 Å². The van der Waals surface area contributed by atoms with Crippen molar-refractivity contribution >= 4 is 61.6 Å². The van der Waals surface area contributed by atoms with E-state index < -0.39 is 22.5 Å². The number of nitrogens with two attached hydrogens (primary N) is 1. The molecule has 12 heteroatoms. The van der Waals surface area contributed by atoms with Gasteiger partial charge in [-0.25, -0.2) is 8.42 Å². The number of aliphatic carboxylic acids is 1. The van der Waals surface area contributed by atoms with Gasteiger partial charge >= 0.3 is 5.97 Å². The molecule has 0 aliphatic rings. The molecule has 32 heavy (non-hydrogen) atoms. The fourth-order valence-corrected chi connectivity index (χ4v) is 5.32. The molecule has 2 aromatic heterocycles. The Hall–Kier alpha value is -3.34. The number of fused-ring (bicyclic) bond motifs is 1. The molecule has 0 atom stereocenters. The summed E-state index contributed by atoms with van der Waals surface area (Å²) in [5, 5.41) is 18.1. The second-order valence-corrected chi connectivity index (χ2v) is 9.49. The molecule has 0 aliphatic heterocycles. The molecule has 0 saturated carbocycles. The predicted octanol–water partition coefficient (Wildman–Crippen LogP) is 3.59. The second-order valence-electron chi connectivity index (χ2n) is 6.76. The number of rotatable bonds is 6. The first-order chi connectivity index (χ1) is 15.1. The number of hydrogen-bond donors (Lipinski definition) is 2. The normalized spacial score (nSPS) is 11.6. The Kier molecular flexibility index (Phi) is 5.68. The molecule has 0 spiro atoms. The van der Waals surface area contributed by atoms with Gasteiger partial charge in [0.15, 0.2) is 5.82 Å². The number of aromatic nitrogens is 3. The van der Waals surface area contributed by atoms with Gasteiger partial charge in [0.25, 0.3) is 10.0 Å². The lowest BCUT2D eigenvalue weighted by molar-refractivity contribution is -0.135. The molecule has 9 nitrogen and oxygen atoms in total. The van der Waals surface area contributed by atoms with Crippen molar-refractivity contribution in [3.63, 3.8) is 0 Å². The van der Waals surface area contributed by atoms with Gasteiger partial charge in [-0.3, -0.25) is 13.7 Å². The maximum absolute atomic E-state index is 13.3. The van der Waals surface area contributed by atoms with Crippen LogP contribution in [0.2, 0.25) is 10.0 Å². The van der Waals surface area contributed by atoms with Crippen LogP contribution in [0.3, 0.4) is 0 Å². The highest BCUT2D eigenvalue weighted by molar-refractivity contribution is 7.92. The summed E-state index contributed by atoms with van der Waals surface area (Å²) in [6.07, 6.45) is 1.74. The Morgan fingerprint density at radius 1 is 1.03 bits per heavy atom. The van der Waals surface area contributed by atoms with Gasteiger partial charge in [-0.15, -0.1) is 10.2 Å².